The Balaban J connectivity index is 1.77. The lowest BCUT2D eigenvalue weighted by Crippen LogP contribution is -2.49. The minimum Gasteiger partial charge on any atom is -0.326 e. The van der Waals surface area contributed by atoms with Crippen LogP contribution >= 0.6 is 11.3 Å². The van der Waals surface area contributed by atoms with E-state index in [4.69, 9.17) is 0 Å². The summed E-state index contributed by atoms with van der Waals surface area (Å²) in [4.78, 5) is 27.3. The Morgan fingerprint density at radius 2 is 2.00 bits per heavy atom. The number of amides is 2. The number of benzene rings is 1. The first kappa shape index (κ1) is 15.7. The van der Waals surface area contributed by atoms with Gasteiger partial charge < -0.3 is 10.2 Å². The van der Waals surface area contributed by atoms with Crippen molar-refractivity contribution >= 4 is 28.8 Å². The Labute approximate surface area is 137 Å². The van der Waals surface area contributed by atoms with Crippen LogP contribution in [0.15, 0.2) is 41.8 Å². The van der Waals surface area contributed by atoms with Crippen molar-refractivity contribution in [2.45, 2.75) is 25.3 Å². The van der Waals surface area contributed by atoms with E-state index >= 15 is 0 Å². The fourth-order valence-electron chi connectivity index (χ4n) is 2.77. The van der Waals surface area contributed by atoms with E-state index in [0.717, 1.165) is 12.8 Å². The van der Waals surface area contributed by atoms with Crippen molar-refractivity contribution < 1.29 is 14.0 Å². The summed E-state index contributed by atoms with van der Waals surface area (Å²) in [5.41, 5.74) is 0.145. The highest BCUT2D eigenvalue weighted by molar-refractivity contribution is 7.12. The number of anilines is 1. The molecule has 0 bridgehead atoms. The Kier molecular flexibility index (Phi) is 4.71. The van der Waals surface area contributed by atoms with Crippen LogP contribution in [0.4, 0.5) is 10.1 Å². The maximum absolute atomic E-state index is 13.7. The molecule has 1 atom stereocenters. The van der Waals surface area contributed by atoms with Crippen LogP contribution in [0.25, 0.3) is 0 Å². The smallest absolute Gasteiger partial charge is 0.264 e. The molecule has 2 amide bonds. The van der Waals surface area contributed by atoms with Crippen molar-refractivity contribution in [1.29, 1.82) is 0 Å². The summed E-state index contributed by atoms with van der Waals surface area (Å²) in [7, 11) is 0. The molecule has 1 fully saturated rings. The van der Waals surface area contributed by atoms with E-state index in [9.17, 15) is 14.0 Å². The minimum atomic E-state index is -0.557. The number of rotatable bonds is 3. The molecule has 2 heterocycles. The second-order valence-electron chi connectivity index (χ2n) is 5.46. The number of carbonyl (C=O) groups excluding carboxylic acids is 2. The number of hydrogen-bond acceptors (Lipinski definition) is 3. The average Bonchev–Trinajstić information content (AvgIpc) is 3.11. The molecule has 120 valence electrons. The Hall–Kier alpha value is -2.21. The van der Waals surface area contributed by atoms with Crippen molar-refractivity contribution in [3.05, 3.63) is 52.5 Å². The normalized spacial score (nSPS) is 17.8. The molecule has 0 spiro atoms. The molecular formula is C17H17FN2O2S. The first-order valence-electron chi connectivity index (χ1n) is 7.56. The van der Waals surface area contributed by atoms with Gasteiger partial charge in [0, 0.05) is 6.54 Å². The molecule has 4 nitrogen and oxygen atoms in total. The SMILES string of the molecule is O=C(Nc1ccccc1F)[C@@H]1CCCCN1C(=O)c1cccs1. The average molecular weight is 332 g/mol. The van der Waals surface area contributed by atoms with Crippen LogP contribution in [0.2, 0.25) is 0 Å². The number of thiophene rings is 1. The lowest BCUT2D eigenvalue weighted by Gasteiger charge is -2.34. The van der Waals surface area contributed by atoms with Crippen molar-refractivity contribution in [2.24, 2.45) is 0 Å². The Bertz CT molecular complexity index is 702. The third kappa shape index (κ3) is 3.42. The summed E-state index contributed by atoms with van der Waals surface area (Å²) in [6.45, 7) is 0.548. The number of piperidine rings is 1. The first-order chi connectivity index (χ1) is 11.2. The summed E-state index contributed by atoms with van der Waals surface area (Å²) >= 11 is 1.36. The number of para-hydroxylation sites is 1. The highest BCUT2D eigenvalue weighted by Crippen LogP contribution is 2.23. The van der Waals surface area contributed by atoms with Gasteiger partial charge in [-0.2, -0.15) is 0 Å². The maximum Gasteiger partial charge on any atom is 0.264 e. The summed E-state index contributed by atoms with van der Waals surface area (Å²) in [6, 6.07) is 9.06. The van der Waals surface area contributed by atoms with Gasteiger partial charge in [-0.25, -0.2) is 4.39 Å². The molecule has 1 N–H and O–H groups in total. The van der Waals surface area contributed by atoms with Gasteiger partial charge in [-0.3, -0.25) is 9.59 Å². The predicted molar refractivity (Wildman–Crippen MR) is 88.0 cm³/mol. The molecule has 3 rings (SSSR count). The lowest BCUT2D eigenvalue weighted by molar-refractivity contribution is -0.121. The molecule has 0 aliphatic carbocycles. The van der Waals surface area contributed by atoms with E-state index in [1.165, 1.54) is 23.5 Å². The third-order valence-electron chi connectivity index (χ3n) is 3.93. The highest BCUT2D eigenvalue weighted by atomic mass is 32.1. The maximum atomic E-state index is 13.7. The fourth-order valence-corrected chi connectivity index (χ4v) is 3.45. The molecular weight excluding hydrogens is 315 g/mol. The Morgan fingerprint density at radius 1 is 1.17 bits per heavy atom. The summed E-state index contributed by atoms with van der Waals surface area (Å²) in [5, 5.41) is 4.44. The van der Waals surface area contributed by atoms with Crippen LogP contribution in [-0.2, 0) is 4.79 Å². The zero-order valence-electron chi connectivity index (χ0n) is 12.5. The van der Waals surface area contributed by atoms with E-state index in [-0.39, 0.29) is 17.5 Å². The van der Waals surface area contributed by atoms with Gasteiger partial charge in [0.25, 0.3) is 5.91 Å². The second-order valence-corrected chi connectivity index (χ2v) is 6.40. The molecule has 1 aromatic heterocycles. The quantitative estimate of drug-likeness (QED) is 0.935. The molecule has 23 heavy (non-hydrogen) atoms. The van der Waals surface area contributed by atoms with Crippen LogP contribution in [0.1, 0.15) is 28.9 Å². The van der Waals surface area contributed by atoms with Crippen molar-refractivity contribution in [3.63, 3.8) is 0 Å². The van der Waals surface area contributed by atoms with E-state index in [1.54, 1.807) is 23.1 Å². The number of nitrogens with one attached hydrogen (secondary N) is 1. The van der Waals surface area contributed by atoms with Gasteiger partial charge in [0.05, 0.1) is 10.6 Å². The second kappa shape index (κ2) is 6.91. The van der Waals surface area contributed by atoms with Gasteiger partial charge in [-0.1, -0.05) is 18.2 Å². The number of hydrogen-bond donors (Lipinski definition) is 1. The first-order valence-corrected chi connectivity index (χ1v) is 8.44. The van der Waals surface area contributed by atoms with E-state index in [0.29, 0.717) is 17.8 Å². The third-order valence-corrected chi connectivity index (χ3v) is 4.79. The minimum absolute atomic E-state index is 0.131. The highest BCUT2D eigenvalue weighted by Gasteiger charge is 2.33. The molecule has 2 aromatic rings. The molecule has 6 heteroatoms. The Morgan fingerprint density at radius 3 is 2.74 bits per heavy atom. The van der Waals surface area contributed by atoms with Gasteiger partial charge in [-0.05, 0) is 42.8 Å². The van der Waals surface area contributed by atoms with Crippen molar-refractivity contribution in [2.75, 3.05) is 11.9 Å². The topological polar surface area (TPSA) is 49.4 Å². The van der Waals surface area contributed by atoms with Crippen LogP contribution < -0.4 is 5.32 Å². The van der Waals surface area contributed by atoms with Crippen LogP contribution in [0.3, 0.4) is 0 Å². The monoisotopic (exact) mass is 332 g/mol. The number of likely N-dealkylation sites (tertiary alicyclic amines) is 1. The van der Waals surface area contributed by atoms with E-state index in [2.05, 4.69) is 5.32 Å². The molecule has 1 saturated heterocycles. The van der Waals surface area contributed by atoms with Gasteiger partial charge in [0.1, 0.15) is 11.9 Å². The lowest BCUT2D eigenvalue weighted by atomic mass is 10.0. The predicted octanol–water partition coefficient (Wildman–Crippen LogP) is 3.52. The van der Waals surface area contributed by atoms with Gasteiger partial charge in [0.2, 0.25) is 5.91 Å². The van der Waals surface area contributed by atoms with Gasteiger partial charge in [-0.15, -0.1) is 11.3 Å². The molecule has 0 radical (unpaired) electrons. The fraction of sp³-hybridized carbons (Fsp3) is 0.294. The van der Waals surface area contributed by atoms with Crippen molar-refractivity contribution in [3.8, 4) is 0 Å². The molecule has 1 aliphatic heterocycles. The number of carbonyl (C=O) groups is 2. The summed E-state index contributed by atoms with van der Waals surface area (Å²) in [6.07, 6.45) is 2.35. The zero-order valence-corrected chi connectivity index (χ0v) is 13.3. The largest absolute Gasteiger partial charge is 0.326 e. The number of nitrogens with zero attached hydrogens (tertiary/aromatic N) is 1. The molecule has 1 aromatic carbocycles. The molecule has 1 aliphatic rings. The standard InChI is InChI=1S/C17H17FN2O2S/c18-12-6-1-2-7-13(12)19-16(21)14-8-3-4-10-20(14)17(22)15-9-5-11-23-15/h1-2,5-7,9,11,14H,3-4,8,10H2,(H,19,21)/t14-/m0/s1. The summed E-state index contributed by atoms with van der Waals surface area (Å²) in [5.74, 6) is -0.944. The van der Waals surface area contributed by atoms with Gasteiger partial charge in [0.15, 0.2) is 0 Å². The van der Waals surface area contributed by atoms with Crippen LogP contribution in [0.5, 0.6) is 0 Å². The number of halogens is 1. The molecule has 0 saturated carbocycles. The van der Waals surface area contributed by atoms with Gasteiger partial charge >= 0.3 is 0 Å². The molecule has 0 unspecified atom stereocenters. The van der Waals surface area contributed by atoms with Crippen molar-refractivity contribution in [1.82, 2.24) is 4.90 Å². The van der Waals surface area contributed by atoms with Crippen LogP contribution in [0, 0.1) is 5.82 Å². The van der Waals surface area contributed by atoms with E-state index in [1.807, 2.05) is 11.4 Å². The summed E-state index contributed by atoms with van der Waals surface area (Å²) < 4.78 is 13.7. The van der Waals surface area contributed by atoms with E-state index < -0.39 is 11.9 Å². The zero-order chi connectivity index (χ0) is 16.2. The van der Waals surface area contributed by atoms with Crippen LogP contribution in [-0.4, -0.2) is 29.3 Å².